The minimum Gasteiger partial charge on any atom is -0.550 e. The van der Waals surface area contributed by atoms with Crippen LogP contribution in [0.3, 0.4) is 0 Å². The molecule has 1 unspecified atom stereocenters. The molecule has 2 aromatic carbocycles. The molecule has 1 N–H and O–H groups in total. The Balaban J connectivity index is 1.88. The average Bonchev–Trinajstić information content (AvgIpc) is 3.10. The largest absolute Gasteiger partial charge is 0.550 e. The third kappa shape index (κ3) is 4.82. The molecule has 150 valence electrons. The van der Waals surface area contributed by atoms with Crippen LogP contribution < -0.4 is 15.2 Å². The molecule has 3 rings (SSSR count). The van der Waals surface area contributed by atoms with Gasteiger partial charge in [-0.25, -0.2) is 0 Å². The van der Waals surface area contributed by atoms with Gasteiger partial charge in [-0.1, -0.05) is 47.6 Å². The van der Waals surface area contributed by atoms with Crippen molar-refractivity contribution in [3.63, 3.8) is 0 Å². The van der Waals surface area contributed by atoms with Gasteiger partial charge in [-0.2, -0.15) is 0 Å². The fourth-order valence-electron chi connectivity index (χ4n) is 3.04. The van der Waals surface area contributed by atoms with Crippen LogP contribution in [0.2, 0.25) is 0 Å². The number of carbonyl (C=O) groups excluding carboxylic acids is 2. The molecule has 0 radical (unpaired) electrons. The number of hydrogen-bond acceptors (Lipinski definition) is 6. The van der Waals surface area contributed by atoms with Gasteiger partial charge in [0.15, 0.2) is 0 Å². The first kappa shape index (κ1) is 20.1. The van der Waals surface area contributed by atoms with Gasteiger partial charge in [0.05, 0.1) is 12.6 Å². The van der Waals surface area contributed by atoms with Gasteiger partial charge < -0.3 is 24.5 Å². The SMILES string of the molecule is CCOc1ccc(C(CC(=O)[O-])NC(=O)c2c(-c3ccccc3)noc2C)cc1. The summed E-state index contributed by atoms with van der Waals surface area (Å²) in [6.07, 6.45) is -0.370. The Bertz CT molecular complexity index is 980. The van der Waals surface area contributed by atoms with Crippen molar-refractivity contribution >= 4 is 11.9 Å². The van der Waals surface area contributed by atoms with Crippen molar-refractivity contribution in [1.29, 1.82) is 0 Å². The second-order valence-electron chi connectivity index (χ2n) is 6.43. The van der Waals surface area contributed by atoms with Crippen molar-refractivity contribution in [1.82, 2.24) is 10.5 Å². The summed E-state index contributed by atoms with van der Waals surface area (Å²) in [7, 11) is 0. The van der Waals surface area contributed by atoms with E-state index in [9.17, 15) is 14.7 Å². The number of nitrogens with zero attached hydrogens (tertiary/aromatic N) is 1. The quantitative estimate of drug-likeness (QED) is 0.631. The zero-order valence-corrected chi connectivity index (χ0v) is 16.2. The molecule has 0 aliphatic rings. The summed E-state index contributed by atoms with van der Waals surface area (Å²) < 4.78 is 10.6. The minimum absolute atomic E-state index is 0.269. The van der Waals surface area contributed by atoms with Gasteiger partial charge in [0, 0.05) is 18.0 Å². The van der Waals surface area contributed by atoms with Crippen molar-refractivity contribution < 1.29 is 24.0 Å². The van der Waals surface area contributed by atoms with E-state index in [1.807, 2.05) is 37.3 Å². The van der Waals surface area contributed by atoms with Crippen molar-refractivity contribution in [2.75, 3.05) is 6.61 Å². The van der Waals surface area contributed by atoms with Gasteiger partial charge in [0.25, 0.3) is 5.91 Å². The Hall–Kier alpha value is -3.61. The lowest BCUT2D eigenvalue weighted by atomic mass is 10.0. The summed E-state index contributed by atoms with van der Waals surface area (Å²) in [6, 6.07) is 15.3. The van der Waals surface area contributed by atoms with Gasteiger partial charge in [-0.15, -0.1) is 0 Å². The van der Waals surface area contributed by atoms with E-state index in [1.165, 1.54) is 0 Å². The first-order chi connectivity index (χ1) is 14.0. The average molecular weight is 393 g/mol. The molecule has 0 saturated heterocycles. The van der Waals surface area contributed by atoms with Crippen molar-refractivity contribution in [2.45, 2.75) is 26.3 Å². The highest BCUT2D eigenvalue weighted by molar-refractivity contribution is 6.01. The molecule has 7 heteroatoms. The molecule has 0 aliphatic heterocycles. The number of hydrogen-bond donors (Lipinski definition) is 1. The summed E-state index contributed by atoms with van der Waals surface area (Å²) in [6.45, 7) is 4.03. The predicted octanol–water partition coefficient (Wildman–Crippen LogP) is 2.66. The van der Waals surface area contributed by atoms with Crippen LogP contribution in [-0.2, 0) is 4.79 Å². The molecule has 0 bridgehead atoms. The maximum atomic E-state index is 13.0. The monoisotopic (exact) mass is 393 g/mol. The second-order valence-corrected chi connectivity index (χ2v) is 6.43. The molecule has 0 saturated carbocycles. The topological polar surface area (TPSA) is 104 Å². The van der Waals surface area contributed by atoms with Gasteiger partial charge in [0.2, 0.25) is 0 Å². The van der Waals surface area contributed by atoms with Crippen LogP contribution in [-0.4, -0.2) is 23.6 Å². The summed E-state index contributed by atoms with van der Waals surface area (Å²) in [5, 5.41) is 18.0. The van der Waals surface area contributed by atoms with E-state index >= 15 is 0 Å². The second kappa shape index (κ2) is 9.05. The fourth-order valence-corrected chi connectivity index (χ4v) is 3.04. The Morgan fingerprint density at radius 3 is 2.45 bits per heavy atom. The number of aromatic nitrogens is 1. The van der Waals surface area contributed by atoms with Crippen LogP contribution in [0.4, 0.5) is 0 Å². The van der Waals surface area contributed by atoms with Gasteiger partial charge >= 0.3 is 0 Å². The van der Waals surface area contributed by atoms with Crippen LogP contribution in [0.1, 0.15) is 41.1 Å². The highest BCUT2D eigenvalue weighted by atomic mass is 16.5. The van der Waals surface area contributed by atoms with Crippen molar-refractivity contribution in [3.8, 4) is 17.0 Å². The molecule has 1 aromatic heterocycles. The molecule has 7 nitrogen and oxygen atoms in total. The first-order valence-corrected chi connectivity index (χ1v) is 9.24. The smallest absolute Gasteiger partial charge is 0.257 e. The van der Waals surface area contributed by atoms with Gasteiger partial charge in [-0.05, 0) is 31.5 Å². The fraction of sp³-hybridized carbons (Fsp3) is 0.227. The van der Waals surface area contributed by atoms with Crippen LogP contribution in [0.15, 0.2) is 59.1 Å². The number of nitrogens with one attached hydrogen (secondary N) is 1. The molecule has 0 aliphatic carbocycles. The third-order valence-electron chi connectivity index (χ3n) is 4.41. The number of aryl methyl sites for hydroxylation is 1. The van der Waals surface area contributed by atoms with Gasteiger partial charge in [0.1, 0.15) is 22.8 Å². The molecule has 0 spiro atoms. The van der Waals surface area contributed by atoms with Crippen LogP contribution in [0, 0.1) is 6.92 Å². The van der Waals surface area contributed by atoms with Crippen LogP contribution in [0.5, 0.6) is 5.75 Å². The molecule has 3 aromatic rings. The molecule has 1 heterocycles. The number of aliphatic carboxylic acids is 1. The summed E-state index contributed by atoms with van der Waals surface area (Å²) in [5.41, 5.74) is 2.03. The zero-order valence-electron chi connectivity index (χ0n) is 16.2. The van der Waals surface area contributed by atoms with E-state index in [1.54, 1.807) is 31.2 Å². The number of carbonyl (C=O) groups is 2. The lowest BCUT2D eigenvalue weighted by Crippen LogP contribution is -2.34. The maximum absolute atomic E-state index is 13.0. The number of benzene rings is 2. The Kier molecular flexibility index (Phi) is 6.29. The first-order valence-electron chi connectivity index (χ1n) is 9.24. The van der Waals surface area contributed by atoms with E-state index in [2.05, 4.69) is 10.5 Å². The number of carboxylic acids is 1. The van der Waals surface area contributed by atoms with Crippen LogP contribution in [0.25, 0.3) is 11.3 Å². The molecule has 0 fully saturated rings. The maximum Gasteiger partial charge on any atom is 0.257 e. The third-order valence-corrected chi connectivity index (χ3v) is 4.41. The zero-order chi connectivity index (χ0) is 20.8. The summed E-state index contributed by atoms with van der Waals surface area (Å²) in [4.78, 5) is 24.3. The summed E-state index contributed by atoms with van der Waals surface area (Å²) in [5.74, 6) is -0.728. The molecule has 1 atom stereocenters. The van der Waals surface area contributed by atoms with E-state index < -0.39 is 17.9 Å². The predicted molar refractivity (Wildman–Crippen MR) is 104 cm³/mol. The van der Waals surface area contributed by atoms with Crippen molar-refractivity contribution in [2.24, 2.45) is 0 Å². The minimum atomic E-state index is -1.27. The lowest BCUT2D eigenvalue weighted by molar-refractivity contribution is -0.306. The number of amides is 1. The van der Waals surface area contributed by atoms with E-state index in [-0.39, 0.29) is 12.0 Å². The summed E-state index contributed by atoms with van der Waals surface area (Å²) >= 11 is 0. The molecule has 1 amide bonds. The van der Waals surface area contributed by atoms with E-state index in [4.69, 9.17) is 9.26 Å². The molecular formula is C22H21N2O5-. The Morgan fingerprint density at radius 1 is 1.14 bits per heavy atom. The number of rotatable bonds is 8. The van der Waals surface area contributed by atoms with Crippen molar-refractivity contribution in [3.05, 3.63) is 71.5 Å². The highest BCUT2D eigenvalue weighted by Gasteiger charge is 2.24. The Morgan fingerprint density at radius 2 is 1.83 bits per heavy atom. The number of ether oxygens (including phenoxy) is 1. The number of carboxylic acid groups (broad SMARTS) is 1. The van der Waals surface area contributed by atoms with E-state index in [0.29, 0.717) is 29.4 Å². The van der Waals surface area contributed by atoms with E-state index in [0.717, 1.165) is 5.56 Å². The molecular weight excluding hydrogens is 372 g/mol. The van der Waals surface area contributed by atoms with Crippen LogP contribution >= 0.6 is 0 Å². The molecule has 29 heavy (non-hydrogen) atoms. The Labute approximate surface area is 168 Å². The highest BCUT2D eigenvalue weighted by Crippen LogP contribution is 2.27. The lowest BCUT2D eigenvalue weighted by Gasteiger charge is -2.20. The van der Waals surface area contributed by atoms with Gasteiger partial charge in [-0.3, -0.25) is 4.79 Å². The standard InChI is InChI=1S/C22H22N2O5/c1-3-28-17-11-9-15(10-12-17)18(13-19(25)26)23-22(27)20-14(2)29-24-21(20)16-7-5-4-6-8-16/h4-12,18H,3,13H2,1-2H3,(H,23,27)(H,25,26)/p-1. The normalized spacial score (nSPS) is 11.7.